The molecule has 0 aliphatic carbocycles. The van der Waals surface area contributed by atoms with Gasteiger partial charge in [-0.05, 0) is 19.4 Å². The largest absolute Gasteiger partial charge is 0.463 e. The van der Waals surface area contributed by atoms with Gasteiger partial charge in [0.15, 0.2) is 0 Å². The van der Waals surface area contributed by atoms with Gasteiger partial charge in [-0.3, -0.25) is 0 Å². The van der Waals surface area contributed by atoms with Gasteiger partial charge in [0.25, 0.3) is 0 Å². The van der Waals surface area contributed by atoms with Crippen LogP contribution < -0.4 is 0 Å². The van der Waals surface area contributed by atoms with E-state index in [1.165, 1.54) is 0 Å². The zero-order valence-corrected chi connectivity index (χ0v) is 9.75. The van der Waals surface area contributed by atoms with Crippen molar-refractivity contribution in [1.82, 2.24) is 0 Å². The van der Waals surface area contributed by atoms with Gasteiger partial charge in [0.2, 0.25) is 0 Å². The molecule has 0 aromatic heterocycles. The normalized spacial score (nSPS) is 11.9. The molecule has 0 radical (unpaired) electrons. The smallest absolute Gasteiger partial charge is 0.334 e. The van der Waals surface area contributed by atoms with E-state index < -0.39 is 0 Å². The second-order valence-electron chi connectivity index (χ2n) is 3.06. The molecule has 1 aromatic carbocycles. The molecule has 0 aliphatic heterocycles. The molecule has 0 saturated heterocycles. The van der Waals surface area contributed by atoms with Gasteiger partial charge in [0.1, 0.15) is 0 Å². The molecular formula is C12H14O2S. The topological polar surface area (TPSA) is 26.3 Å². The zero-order chi connectivity index (χ0) is 11.3. The van der Waals surface area contributed by atoms with Gasteiger partial charge in [-0.2, -0.15) is 0 Å². The van der Waals surface area contributed by atoms with Crippen LogP contribution in [0.25, 0.3) is 4.91 Å². The average molecular weight is 222 g/mol. The van der Waals surface area contributed by atoms with E-state index in [4.69, 9.17) is 4.74 Å². The number of benzene rings is 1. The molecular weight excluding hydrogens is 208 g/mol. The Labute approximate surface area is 95.4 Å². The third-order valence-corrected chi connectivity index (χ3v) is 2.58. The second-order valence-corrected chi connectivity index (χ2v) is 3.51. The summed E-state index contributed by atoms with van der Waals surface area (Å²) in [6, 6.07) is 9.55. The summed E-state index contributed by atoms with van der Waals surface area (Å²) in [6.45, 7) is 3.88. The van der Waals surface area contributed by atoms with Crippen molar-refractivity contribution in [3.63, 3.8) is 0 Å². The van der Waals surface area contributed by atoms with Crippen LogP contribution in [-0.4, -0.2) is 12.6 Å². The number of rotatable bonds is 3. The van der Waals surface area contributed by atoms with Crippen LogP contribution in [0.1, 0.15) is 19.4 Å². The number of hydrogen-bond acceptors (Lipinski definition) is 3. The number of hydrogen-bond donors (Lipinski definition) is 1. The van der Waals surface area contributed by atoms with Crippen molar-refractivity contribution in [3.8, 4) is 0 Å². The summed E-state index contributed by atoms with van der Waals surface area (Å²) in [5.41, 5.74) is 1.46. The predicted molar refractivity (Wildman–Crippen MR) is 64.7 cm³/mol. The van der Waals surface area contributed by atoms with E-state index in [0.717, 1.165) is 5.56 Å². The molecule has 0 N–H and O–H groups in total. The van der Waals surface area contributed by atoms with Crippen molar-refractivity contribution < 1.29 is 9.53 Å². The van der Waals surface area contributed by atoms with Crippen molar-refractivity contribution in [3.05, 3.63) is 41.5 Å². The lowest BCUT2D eigenvalue weighted by Crippen LogP contribution is -2.06. The van der Waals surface area contributed by atoms with Gasteiger partial charge in [-0.1, -0.05) is 30.3 Å². The van der Waals surface area contributed by atoms with Gasteiger partial charge in [0, 0.05) is 10.5 Å². The maximum absolute atomic E-state index is 11.4. The van der Waals surface area contributed by atoms with Crippen LogP contribution in [0.15, 0.2) is 35.9 Å². The Balaban J connectivity index is 2.95. The summed E-state index contributed by atoms with van der Waals surface area (Å²) < 4.78 is 4.90. The molecule has 0 aliphatic rings. The van der Waals surface area contributed by atoms with Crippen LogP contribution in [0, 0.1) is 0 Å². The van der Waals surface area contributed by atoms with Crippen molar-refractivity contribution >= 4 is 23.5 Å². The van der Waals surface area contributed by atoms with E-state index in [1.807, 2.05) is 30.3 Å². The van der Waals surface area contributed by atoms with E-state index in [-0.39, 0.29) is 5.97 Å². The molecule has 0 fully saturated rings. The molecule has 2 nitrogen and oxygen atoms in total. The van der Waals surface area contributed by atoms with E-state index in [9.17, 15) is 4.79 Å². The average Bonchev–Trinajstić information content (AvgIpc) is 2.28. The lowest BCUT2D eigenvalue weighted by Gasteiger charge is -2.06. The Hall–Kier alpha value is -1.22. The SMILES string of the molecule is CCOC(=O)/C(C)=C(/S)c1ccccc1. The summed E-state index contributed by atoms with van der Waals surface area (Å²) in [5.74, 6) is -0.314. The Morgan fingerprint density at radius 2 is 1.93 bits per heavy atom. The van der Waals surface area contributed by atoms with Crippen LogP contribution in [0.5, 0.6) is 0 Å². The highest BCUT2D eigenvalue weighted by molar-refractivity contribution is 7.90. The van der Waals surface area contributed by atoms with Gasteiger partial charge in [-0.15, -0.1) is 12.6 Å². The Morgan fingerprint density at radius 3 is 2.47 bits per heavy atom. The molecule has 80 valence electrons. The zero-order valence-electron chi connectivity index (χ0n) is 8.86. The number of carbonyl (C=O) groups excluding carboxylic acids is 1. The third kappa shape index (κ3) is 3.13. The molecule has 0 amide bonds. The highest BCUT2D eigenvalue weighted by Crippen LogP contribution is 2.22. The Kier molecular flexibility index (Phi) is 4.43. The van der Waals surface area contributed by atoms with Crippen LogP contribution in [-0.2, 0) is 9.53 Å². The summed E-state index contributed by atoms with van der Waals surface area (Å²) in [5, 5.41) is 0. The highest BCUT2D eigenvalue weighted by atomic mass is 32.1. The first-order chi connectivity index (χ1) is 7.16. The maximum atomic E-state index is 11.4. The fourth-order valence-corrected chi connectivity index (χ4v) is 1.39. The number of thiol groups is 1. The lowest BCUT2D eigenvalue weighted by atomic mass is 10.1. The maximum Gasteiger partial charge on any atom is 0.334 e. The fraction of sp³-hybridized carbons (Fsp3) is 0.250. The lowest BCUT2D eigenvalue weighted by molar-refractivity contribution is -0.138. The van der Waals surface area contributed by atoms with Crippen molar-refractivity contribution in [2.75, 3.05) is 6.61 Å². The summed E-state index contributed by atoms with van der Waals surface area (Å²) in [7, 11) is 0. The molecule has 0 bridgehead atoms. The predicted octanol–water partition coefficient (Wildman–Crippen LogP) is 2.91. The second kappa shape index (κ2) is 5.61. The first kappa shape index (κ1) is 11.9. The van der Waals surface area contributed by atoms with Gasteiger partial charge in [-0.25, -0.2) is 4.79 Å². The van der Waals surface area contributed by atoms with E-state index in [1.54, 1.807) is 13.8 Å². The molecule has 15 heavy (non-hydrogen) atoms. The molecule has 0 atom stereocenters. The minimum Gasteiger partial charge on any atom is -0.463 e. The van der Waals surface area contributed by atoms with Crippen molar-refractivity contribution in [2.45, 2.75) is 13.8 Å². The first-order valence-corrected chi connectivity index (χ1v) is 5.24. The van der Waals surface area contributed by atoms with Crippen LogP contribution in [0.4, 0.5) is 0 Å². The molecule has 0 heterocycles. The Morgan fingerprint density at radius 1 is 1.33 bits per heavy atom. The summed E-state index contributed by atoms with van der Waals surface area (Å²) in [6.07, 6.45) is 0. The Bertz CT molecular complexity index is 368. The molecule has 1 rings (SSSR count). The number of carbonyl (C=O) groups is 1. The van der Waals surface area contributed by atoms with E-state index in [0.29, 0.717) is 17.1 Å². The molecule has 0 unspecified atom stereocenters. The van der Waals surface area contributed by atoms with Crippen molar-refractivity contribution in [2.24, 2.45) is 0 Å². The molecule has 0 saturated carbocycles. The highest BCUT2D eigenvalue weighted by Gasteiger charge is 2.10. The quantitative estimate of drug-likeness (QED) is 0.483. The molecule has 1 aromatic rings. The van der Waals surface area contributed by atoms with Crippen LogP contribution in [0.2, 0.25) is 0 Å². The van der Waals surface area contributed by atoms with Crippen LogP contribution in [0.3, 0.4) is 0 Å². The van der Waals surface area contributed by atoms with Gasteiger partial charge < -0.3 is 4.74 Å². The van der Waals surface area contributed by atoms with Gasteiger partial charge in [0.05, 0.1) is 6.61 Å². The molecule has 3 heteroatoms. The van der Waals surface area contributed by atoms with E-state index >= 15 is 0 Å². The molecule has 0 spiro atoms. The minimum absolute atomic E-state index is 0.314. The standard InChI is InChI=1S/C12H14O2S/c1-3-14-12(13)9(2)11(15)10-7-5-4-6-8-10/h4-8,15H,3H2,1-2H3/b11-9+. The minimum atomic E-state index is -0.314. The third-order valence-electron chi connectivity index (χ3n) is 1.98. The van der Waals surface area contributed by atoms with Gasteiger partial charge >= 0.3 is 5.97 Å². The van der Waals surface area contributed by atoms with E-state index in [2.05, 4.69) is 12.6 Å². The first-order valence-electron chi connectivity index (χ1n) is 4.79. The number of esters is 1. The number of ether oxygens (including phenoxy) is 1. The fourth-order valence-electron chi connectivity index (χ4n) is 1.15. The summed E-state index contributed by atoms with van der Waals surface area (Å²) in [4.78, 5) is 12.1. The van der Waals surface area contributed by atoms with Crippen LogP contribution >= 0.6 is 12.6 Å². The monoisotopic (exact) mass is 222 g/mol. The van der Waals surface area contributed by atoms with Crippen molar-refractivity contribution in [1.29, 1.82) is 0 Å². The summed E-state index contributed by atoms with van der Waals surface area (Å²) >= 11 is 4.33.